The molecule has 0 unspecified atom stereocenters. The average molecular weight is 251 g/mol. The number of amides is 3. The molecule has 1 rings (SSSR count). The molecule has 0 fully saturated rings. The number of carbonyl (C=O) groups is 3. The van der Waals surface area contributed by atoms with Crippen LogP contribution in [0.5, 0.6) is 0 Å². The fourth-order valence-corrected chi connectivity index (χ4v) is 1.12. The molecule has 96 valence electrons. The smallest absolute Gasteiger partial charge is 0.335 e. The molecular formula is C11H13N3O4. The van der Waals surface area contributed by atoms with E-state index >= 15 is 0 Å². The van der Waals surface area contributed by atoms with E-state index in [1.165, 1.54) is 31.3 Å². The Morgan fingerprint density at radius 2 is 1.78 bits per heavy atom. The molecule has 0 heterocycles. The molecule has 0 bridgehead atoms. The van der Waals surface area contributed by atoms with Gasteiger partial charge in [-0.1, -0.05) is 0 Å². The van der Waals surface area contributed by atoms with Crippen LogP contribution in [-0.2, 0) is 4.79 Å². The molecule has 0 atom stereocenters. The van der Waals surface area contributed by atoms with Crippen LogP contribution in [0.1, 0.15) is 10.4 Å². The summed E-state index contributed by atoms with van der Waals surface area (Å²) in [5, 5.41) is 15.8. The minimum atomic E-state index is -1.04. The first-order valence-electron chi connectivity index (χ1n) is 5.11. The predicted octanol–water partition coefficient (Wildman–Crippen LogP) is 0.252. The summed E-state index contributed by atoms with van der Waals surface area (Å²) in [6.07, 6.45) is 0. The van der Waals surface area contributed by atoms with Crippen molar-refractivity contribution in [1.82, 2.24) is 10.6 Å². The fraction of sp³-hybridized carbons (Fsp3) is 0.182. The number of carboxylic acid groups (broad SMARTS) is 1. The lowest BCUT2D eigenvalue weighted by Crippen LogP contribution is -2.37. The molecule has 1 aromatic carbocycles. The van der Waals surface area contributed by atoms with Crippen LogP contribution in [0.15, 0.2) is 24.3 Å². The molecule has 4 N–H and O–H groups in total. The minimum absolute atomic E-state index is 0.129. The van der Waals surface area contributed by atoms with Gasteiger partial charge in [-0.05, 0) is 24.3 Å². The van der Waals surface area contributed by atoms with E-state index in [0.29, 0.717) is 5.69 Å². The van der Waals surface area contributed by atoms with Crippen molar-refractivity contribution >= 4 is 23.6 Å². The van der Waals surface area contributed by atoms with Crippen molar-refractivity contribution in [1.29, 1.82) is 0 Å². The van der Waals surface area contributed by atoms with E-state index in [4.69, 9.17) is 5.11 Å². The van der Waals surface area contributed by atoms with E-state index in [-0.39, 0.29) is 18.0 Å². The molecule has 7 heteroatoms. The summed E-state index contributed by atoms with van der Waals surface area (Å²) in [4.78, 5) is 32.8. The first kappa shape index (κ1) is 13.5. The zero-order valence-electron chi connectivity index (χ0n) is 9.69. The van der Waals surface area contributed by atoms with Gasteiger partial charge in [0.2, 0.25) is 5.91 Å². The Morgan fingerprint density at radius 3 is 2.28 bits per heavy atom. The van der Waals surface area contributed by atoms with Gasteiger partial charge in [0.05, 0.1) is 12.1 Å². The number of likely N-dealkylation sites (N-methyl/N-ethyl adjacent to an activating group) is 1. The summed E-state index contributed by atoms with van der Waals surface area (Å²) >= 11 is 0. The molecule has 0 saturated carbocycles. The van der Waals surface area contributed by atoms with Gasteiger partial charge in [-0.25, -0.2) is 9.59 Å². The Kier molecular flexibility index (Phi) is 4.67. The highest BCUT2D eigenvalue weighted by Crippen LogP contribution is 2.09. The summed E-state index contributed by atoms with van der Waals surface area (Å²) in [6, 6.07) is 5.13. The van der Waals surface area contributed by atoms with Crippen LogP contribution < -0.4 is 16.0 Å². The third kappa shape index (κ3) is 4.12. The zero-order chi connectivity index (χ0) is 13.5. The van der Waals surface area contributed by atoms with Crippen molar-refractivity contribution in [2.24, 2.45) is 0 Å². The number of rotatable bonds is 4. The van der Waals surface area contributed by atoms with Crippen molar-refractivity contribution in [3.05, 3.63) is 29.8 Å². The maximum Gasteiger partial charge on any atom is 0.335 e. The van der Waals surface area contributed by atoms with Crippen molar-refractivity contribution < 1.29 is 19.5 Å². The Labute approximate surface area is 103 Å². The Morgan fingerprint density at radius 1 is 1.17 bits per heavy atom. The third-order valence-corrected chi connectivity index (χ3v) is 2.08. The van der Waals surface area contributed by atoms with Crippen molar-refractivity contribution in [3.63, 3.8) is 0 Å². The standard InChI is InChI=1S/C11H13N3O4/c1-12-9(15)6-13-11(18)14-8-4-2-7(3-5-8)10(16)17/h2-5H,6H2,1H3,(H,12,15)(H,16,17)(H2,13,14,18). The second-order valence-electron chi connectivity index (χ2n) is 3.36. The van der Waals surface area contributed by atoms with Crippen LogP contribution >= 0.6 is 0 Å². The van der Waals surface area contributed by atoms with E-state index in [1.807, 2.05) is 0 Å². The van der Waals surface area contributed by atoms with Crippen molar-refractivity contribution in [3.8, 4) is 0 Å². The SMILES string of the molecule is CNC(=O)CNC(=O)Nc1ccc(C(=O)O)cc1. The number of carbonyl (C=O) groups excluding carboxylic acids is 2. The molecule has 0 radical (unpaired) electrons. The van der Waals surface area contributed by atoms with Crippen LogP contribution in [0.2, 0.25) is 0 Å². The number of urea groups is 1. The molecule has 1 aromatic rings. The number of hydrogen-bond donors (Lipinski definition) is 4. The lowest BCUT2D eigenvalue weighted by atomic mass is 10.2. The van der Waals surface area contributed by atoms with E-state index in [2.05, 4.69) is 16.0 Å². The molecule has 18 heavy (non-hydrogen) atoms. The van der Waals surface area contributed by atoms with Crippen LogP contribution in [0, 0.1) is 0 Å². The van der Waals surface area contributed by atoms with E-state index in [1.54, 1.807) is 0 Å². The average Bonchev–Trinajstić information content (AvgIpc) is 2.36. The van der Waals surface area contributed by atoms with Crippen LogP contribution in [0.4, 0.5) is 10.5 Å². The van der Waals surface area contributed by atoms with E-state index < -0.39 is 12.0 Å². The molecule has 0 saturated heterocycles. The van der Waals surface area contributed by atoms with Crippen molar-refractivity contribution in [2.75, 3.05) is 18.9 Å². The third-order valence-electron chi connectivity index (χ3n) is 2.08. The lowest BCUT2D eigenvalue weighted by Gasteiger charge is -2.07. The van der Waals surface area contributed by atoms with Gasteiger partial charge in [-0.3, -0.25) is 4.79 Å². The topological polar surface area (TPSA) is 108 Å². The fourth-order valence-electron chi connectivity index (χ4n) is 1.12. The second-order valence-corrected chi connectivity index (χ2v) is 3.36. The number of benzene rings is 1. The zero-order valence-corrected chi connectivity index (χ0v) is 9.69. The summed E-state index contributed by atoms with van der Waals surface area (Å²) in [5.74, 6) is -1.35. The first-order valence-corrected chi connectivity index (χ1v) is 5.11. The summed E-state index contributed by atoms with van der Waals surface area (Å²) in [7, 11) is 1.46. The second kappa shape index (κ2) is 6.24. The van der Waals surface area contributed by atoms with Gasteiger partial charge in [-0.15, -0.1) is 0 Å². The normalized spacial score (nSPS) is 9.39. The lowest BCUT2D eigenvalue weighted by molar-refractivity contribution is -0.119. The molecular weight excluding hydrogens is 238 g/mol. The highest BCUT2D eigenvalue weighted by Gasteiger charge is 2.05. The molecule has 7 nitrogen and oxygen atoms in total. The minimum Gasteiger partial charge on any atom is -0.478 e. The van der Waals surface area contributed by atoms with Gasteiger partial charge in [-0.2, -0.15) is 0 Å². The molecule has 0 aliphatic rings. The summed E-state index contributed by atoms with van der Waals surface area (Å²) in [6.45, 7) is -0.129. The molecule has 0 aliphatic carbocycles. The van der Waals surface area contributed by atoms with Gasteiger partial charge in [0.1, 0.15) is 0 Å². The molecule has 3 amide bonds. The molecule has 0 aromatic heterocycles. The van der Waals surface area contributed by atoms with Gasteiger partial charge in [0.25, 0.3) is 0 Å². The predicted molar refractivity (Wildman–Crippen MR) is 64.5 cm³/mol. The van der Waals surface area contributed by atoms with Crippen molar-refractivity contribution in [2.45, 2.75) is 0 Å². The monoisotopic (exact) mass is 251 g/mol. The number of aromatic carboxylic acids is 1. The van der Waals surface area contributed by atoms with E-state index in [0.717, 1.165) is 0 Å². The number of hydrogen-bond acceptors (Lipinski definition) is 3. The Balaban J connectivity index is 2.49. The Bertz CT molecular complexity index is 456. The number of anilines is 1. The maximum atomic E-state index is 11.3. The quantitative estimate of drug-likeness (QED) is 0.615. The van der Waals surface area contributed by atoms with Gasteiger partial charge in [0, 0.05) is 12.7 Å². The molecule has 0 spiro atoms. The summed E-state index contributed by atoms with van der Waals surface area (Å²) in [5.41, 5.74) is 0.570. The first-order chi connectivity index (χ1) is 8.52. The number of nitrogens with one attached hydrogen (secondary N) is 3. The largest absolute Gasteiger partial charge is 0.478 e. The Hall–Kier alpha value is -2.57. The van der Waals surface area contributed by atoms with Crippen LogP contribution in [0.3, 0.4) is 0 Å². The highest BCUT2D eigenvalue weighted by atomic mass is 16.4. The highest BCUT2D eigenvalue weighted by molar-refractivity contribution is 5.93. The number of carboxylic acids is 1. The van der Waals surface area contributed by atoms with Gasteiger partial charge >= 0.3 is 12.0 Å². The summed E-state index contributed by atoms with van der Waals surface area (Å²) < 4.78 is 0. The molecule has 0 aliphatic heterocycles. The van der Waals surface area contributed by atoms with Gasteiger partial charge < -0.3 is 21.1 Å². The van der Waals surface area contributed by atoms with Crippen LogP contribution in [-0.4, -0.2) is 36.6 Å². The maximum absolute atomic E-state index is 11.3. The van der Waals surface area contributed by atoms with Crippen LogP contribution in [0.25, 0.3) is 0 Å². The van der Waals surface area contributed by atoms with Gasteiger partial charge in [0.15, 0.2) is 0 Å². The van der Waals surface area contributed by atoms with E-state index in [9.17, 15) is 14.4 Å².